The van der Waals surface area contributed by atoms with Crippen molar-refractivity contribution in [1.29, 1.82) is 0 Å². The van der Waals surface area contributed by atoms with E-state index in [0.717, 1.165) is 32.4 Å². The number of nitro benzene ring substituents is 1. The molecular weight excluding hydrogens is 364 g/mol. The Kier molecular flexibility index (Phi) is 4.92. The zero-order valence-corrected chi connectivity index (χ0v) is 12.4. The Bertz CT molecular complexity index is 476. The molecule has 2 N–H and O–H groups in total. The Morgan fingerprint density at radius 3 is 2.95 bits per heavy atom. The first-order chi connectivity index (χ1) is 9.08. The summed E-state index contributed by atoms with van der Waals surface area (Å²) in [7, 11) is 0. The number of benzene rings is 1. The number of hydrogen-bond acceptors (Lipinski definition) is 4. The highest BCUT2D eigenvalue weighted by molar-refractivity contribution is 14.1. The van der Waals surface area contributed by atoms with E-state index in [1.165, 1.54) is 12.1 Å². The summed E-state index contributed by atoms with van der Waals surface area (Å²) in [4.78, 5) is 10.5. The minimum Gasteiger partial charge on any atom is -0.377 e. The fraction of sp³-hybridized carbons (Fsp3) is 0.500. The van der Waals surface area contributed by atoms with Crippen LogP contribution in [0.25, 0.3) is 0 Å². The number of nitro groups is 1. The lowest BCUT2D eigenvalue weighted by Crippen LogP contribution is -2.22. The molecule has 19 heavy (non-hydrogen) atoms. The molecule has 0 amide bonds. The zero-order valence-electron chi connectivity index (χ0n) is 10.3. The van der Waals surface area contributed by atoms with Gasteiger partial charge in [0.05, 0.1) is 8.49 Å². The van der Waals surface area contributed by atoms with Gasteiger partial charge in [-0.3, -0.25) is 10.1 Å². The quantitative estimate of drug-likeness (QED) is 0.482. The minimum atomic E-state index is -0.473. The van der Waals surface area contributed by atoms with Crippen LogP contribution in [-0.2, 0) is 0 Å². The molecule has 0 bridgehead atoms. The topological polar surface area (TPSA) is 67.2 Å². The molecule has 0 spiro atoms. The SMILES string of the molecule is O=[N+]([O-])c1cc(I)c(F)cc1NC1CCCNCC1. The summed E-state index contributed by atoms with van der Waals surface area (Å²) in [6.07, 6.45) is 2.82. The Labute approximate surface area is 124 Å². The van der Waals surface area contributed by atoms with Gasteiger partial charge in [-0.2, -0.15) is 0 Å². The number of nitrogens with zero attached hydrogens (tertiary/aromatic N) is 1. The zero-order chi connectivity index (χ0) is 13.8. The lowest BCUT2D eigenvalue weighted by atomic mass is 10.1. The number of rotatable bonds is 3. The highest BCUT2D eigenvalue weighted by Gasteiger charge is 2.20. The van der Waals surface area contributed by atoms with Gasteiger partial charge in [-0.15, -0.1) is 0 Å². The van der Waals surface area contributed by atoms with Crippen molar-refractivity contribution in [3.05, 3.63) is 31.6 Å². The monoisotopic (exact) mass is 379 g/mol. The van der Waals surface area contributed by atoms with E-state index in [2.05, 4.69) is 10.6 Å². The lowest BCUT2D eigenvalue weighted by molar-refractivity contribution is -0.384. The van der Waals surface area contributed by atoms with E-state index in [1.54, 1.807) is 22.6 Å². The molecule has 2 rings (SSSR count). The van der Waals surface area contributed by atoms with Crippen molar-refractivity contribution in [2.75, 3.05) is 18.4 Å². The predicted octanol–water partition coefficient (Wildman–Crippen LogP) is 2.89. The molecule has 1 aliphatic rings. The summed E-state index contributed by atoms with van der Waals surface area (Å²) < 4.78 is 13.8. The Balaban J connectivity index is 2.22. The Morgan fingerprint density at radius 1 is 1.42 bits per heavy atom. The molecule has 1 atom stereocenters. The summed E-state index contributed by atoms with van der Waals surface area (Å²) >= 11 is 1.76. The van der Waals surface area contributed by atoms with E-state index in [-0.39, 0.29) is 21.0 Å². The summed E-state index contributed by atoms with van der Waals surface area (Å²) in [6.45, 7) is 1.83. The van der Waals surface area contributed by atoms with Crippen LogP contribution in [0.5, 0.6) is 0 Å². The van der Waals surface area contributed by atoms with Crippen LogP contribution in [0.15, 0.2) is 12.1 Å². The molecule has 1 saturated heterocycles. The molecule has 7 heteroatoms. The van der Waals surface area contributed by atoms with E-state index >= 15 is 0 Å². The Hall–Kier alpha value is -0.960. The minimum absolute atomic E-state index is 0.0667. The average molecular weight is 379 g/mol. The smallest absolute Gasteiger partial charge is 0.293 e. The first-order valence-corrected chi connectivity index (χ1v) is 7.26. The number of halogens is 2. The molecule has 1 fully saturated rings. The van der Waals surface area contributed by atoms with Crippen LogP contribution >= 0.6 is 22.6 Å². The van der Waals surface area contributed by atoms with Gasteiger partial charge >= 0.3 is 0 Å². The molecule has 0 aromatic heterocycles. The van der Waals surface area contributed by atoms with E-state index in [1.807, 2.05) is 0 Å². The fourth-order valence-corrected chi connectivity index (χ4v) is 2.64. The number of anilines is 1. The van der Waals surface area contributed by atoms with Crippen LogP contribution in [0.1, 0.15) is 19.3 Å². The third-order valence-corrected chi connectivity index (χ3v) is 4.00. The van der Waals surface area contributed by atoms with Gasteiger partial charge in [-0.25, -0.2) is 4.39 Å². The third-order valence-electron chi connectivity index (χ3n) is 3.17. The van der Waals surface area contributed by atoms with Gasteiger partial charge in [0, 0.05) is 18.2 Å². The molecule has 1 heterocycles. The first kappa shape index (κ1) is 14.4. The second kappa shape index (κ2) is 6.47. The molecule has 1 aliphatic heterocycles. The molecule has 0 saturated carbocycles. The van der Waals surface area contributed by atoms with Gasteiger partial charge in [0.15, 0.2) is 0 Å². The molecular formula is C12H15FIN3O2. The van der Waals surface area contributed by atoms with Gasteiger partial charge in [0.1, 0.15) is 11.5 Å². The van der Waals surface area contributed by atoms with Gasteiger partial charge in [0.2, 0.25) is 0 Å². The maximum absolute atomic E-state index is 13.6. The summed E-state index contributed by atoms with van der Waals surface area (Å²) in [6, 6.07) is 2.64. The lowest BCUT2D eigenvalue weighted by Gasteiger charge is -2.17. The largest absolute Gasteiger partial charge is 0.377 e. The fourth-order valence-electron chi connectivity index (χ4n) is 2.19. The van der Waals surface area contributed by atoms with Crippen molar-refractivity contribution in [1.82, 2.24) is 5.32 Å². The van der Waals surface area contributed by atoms with Crippen molar-refractivity contribution in [3.8, 4) is 0 Å². The van der Waals surface area contributed by atoms with Crippen molar-refractivity contribution in [3.63, 3.8) is 0 Å². The summed E-state index contributed by atoms with van der Waals surface area (Å²) in [5.41, 5.74) is 0.206. The van der Waals surface area contributed by atoms with E-state index in [0.29, 0.717) is 0 Å². The summed E-state index contributed by atoms with van der Waals surface area (Å²) in [5.74, 6) is -0.430. The molecule has 104 valence electrons. The van der Waals surface area contributed by atoms with Crippen LogP contribution in [0.2, 0.25) is 0 Å². The maximum Gasteiger partial charge on any atom is 0.293 e. The van der Waals surface area contributed by atoms with E-state index in [4.69, 9.17) is 0 Å². The second-order valence-electron chi connectivity index (χ2n) is 4.56. The Morgan fingerprint density at radius 2 is 2.21 bits per heavy atom. The molecule has 1 unspecified atom stereocenters. The summed E-state index contributed by atoms with van der Waals surface area (Å²) in [5, 5.41) is 17.4. The molecule has 1 aromatic carbocycles. The normalized spacial score (nSPS) is 19.8. The van der Waals surface area contributed by atoms with E-state index in [9.17, 15) is 14.5 Å². The molecule has 0 aliphatic carbocycles. The van der Waals surface area contributed by atoms with Gasteiger partial charge in [-0.1, -0.05) is 0 Å². The second-order valence-corrected chi connectivity index (χ2v) is 5.72. The predicted molar refractivity (Wildman–Crippen MR) is 79.9 cm³/mol. The van der Waals surface area contributed by atoms with Crippen LogP contribution in [-0.4, -0.2) is 24.1 Å². The molecule has 0 radical (unpaired) electrons. The van der Waals surface area contributed by atoms with Gasteiger partial charge < -0.3 is 10.6 Å². The third kappa shape index (κ3) is 3.75. The standard InChI is InChI=1S/C12H15FIN3O2/c13-9-6-11(12(17(18)19)7-10(9)14)16-8-2-1-4-15-5-3-8/h6-8,15-16H,1-5H2. The average Bonchev–Trinajstić information content (AvgIpc) is 2.62. The van der Waals surface area contributed by atoms with Crippen molar-refractivity contribution < 1.29 is 9.31 Å². The van der Waals surface area contributed by atoms with E-state index < -0.39 is 10.7 Å². The van der Waals surface area contributed by atoms with Crippen molar-refractivity contribution in [2.24, 2.45) is 0 Å². The highest BCUT2D eigenvalue weighted by Crippen LogP contribution is 2.30. The van der Waals surface area contributed by atoms with Crippen LogP contribution < -0.4 is 10.6 Å². The van der Waals surface area contributed by atoms with Crippen LogP contribution in [0, 0.1) is 19.5 Å². The number of nitrogens with one attached hydrogen (secondary N) is 2. The number of hydrogen-bond donors (Lipinski definition) is 2. The van der Waals surface area contributed by atoms with Crippen LogP contribution in [0.3, 0.4) is 0 Å². The van der Waals surface area contributed by atoms with Gasteiger partial charge in [-0.05, 0) is 54.9 Å². The first-order valence-electron chi connectivity index (χ1n) is 6.18. The van der Waals surface area contributed by atoms with Gasteiger partial charge in [0.25, 0.3) is 5.69 Å². The van der Waals surface area contributed by atoms with Crippen LogP contribution in [0.4, 0.5) is 15.8 Å². The van der Waals surface area contributed by atoms with Crippen molar-refractivity contribution in [2.45, 2.75) is 25.3 Å². The highest BCUT2D eigenvalue weighted by atomic mass is 127. The molecule has 1 aromatic rings. The van der Waals surface area contributed by atoms with Crippen molar-refractivity contribution >= 4 is 34.0 Å². The molecule has 5 nitrogen and oxygen atoms in total. The maximum atomic E-state index is 13.6.